The van der Waals surface area contributed by atoms with Crippen LogP contribution in [-0.2, 0) is 11.3 Å². The standard InChI is InChI=1S/C17H23N3O3/c1-3-10-19(11-4-2)15(21)9-12-20-14-8-6-5-7-13(14)16(22)18-17(20)23/h5-8H,3-4,9-12H2,1-2H3,(H,18,22,23). The van der Waals surface area contributed by atoms with E-state index in [0.717, 1.165) is 25.9 Å². The van der Waals surface area contributed by atoms with Crippen LogP contribution in [0.5, 0.6) is 0 Å². The van der Waals surface area contributed by atoms with Crippen LogP contribution in [0.4, 0.5) is 0 Å². The van der Waals surface area contributed by atoms with Crippen molar-refractivity contribution in [2.75, 3.05) is 13.1 Å². The number of carbonyl (C=O) groups excluding carboxylic acids is 1. The normalized spacial score (nSPS) is 10.9. The fraction of sp³-hybridized carbons (Fsp3) is 0.471. The number of nitrogens with one attached hydrogen (secondary N) is 1. The zero-order valence-electron chi connectivity index (χ0n) is 13.7. The van der Waals surface area contributed by atoms with Gasteiger partial charge in [0.15, 0.2) is 0 Å². The van der Waals surface area contributed by atoms with Crippen LogP contribution in [0.25, 0.3) is 10.9 Å². The molecule has 0 atom stereocenters. The Hall–Kier alpha value is -2.37. The summed E-state index contributed by atoms with van der Waals surface area (Å²) < 4.78 is 1.46. The largest absolute Gasteiger partial charge is 0.343 e. The molecule has 0 saturated heterocycles. The van der Waals surface area contributed by atoms with Crippen LogP contribution < -0.4 is 11.2 Å². The maximum atomic E-state index is 12.3. The summed E-state index contributed by atoms with van der Waals surface area (Å²) in [5.41, 5.74) is -0.308. The quantitative estimate of drug-likeness (QED) is 0.845. The summed E-state index contributed by atoms with van der Waals surface area (Å²) in [5.74, 6) is 0.0379. The van der Waals surface area contributed by atoms with Gasteiger partial charge in [0.25, 0.3) is 5.56 Å². The first-order chi connectivity index (χ1) is 11.1. The highest BCUT2D eigenvalue weighted by molar-refractivity contribution is 5.78. The van der Waals surface area contributed by atoms with E-state index in [2.05, 4.69) is 4.98 Å². The Labute approximate surface area is 134 Å². The van der Waals surface area contributed by atoms with Crippen molar-refractivity contribution in [3.63, 3.8) is 0 Å². The van der Waals surface area contributed by atoms with Gasteiger partial charge in [-0.25, -0.2) is 4.79 Å². The van der Waals surface area contributed by atoms with Gasteiger partial charge in [-0.3, -0.25) is 19.1 Å². The molecule has 0 spiro atoms. The van der Waals surface area contributed by atoms with E-state index in [-0.39, 0.29) is 18.9 Å². The van der Waals surface area contributed by atoms with E-state index in [9.17, 15) is 14.4 Å². The van der Waals surface area contributed by atoms with Crippen LogP contribution >= 0.6 is 0 Å². The first-order valence-corrected chi connectivity index (χ1v) is 8.08. The average Bonchev–Trinajstić information content (AvgIpc) is 2.54. The van der Waals surface area contributed by atoms with Crippen LogP contribution in [0, 0.1) is 0 Å². The minimum atomic E-state index is -0.473. The second-order valence-corrected chi connectivity index (χ2v) is 5.56. The lowest BCUT2D eigenvalue weighted by Crippen LogP contribution is -2.35. The van der Waals surface area contributed by atoms with Crippen LogP contribution in [0.2, 0.25) is 0 Å². The third kappa shape index (κ3) is 3.88. The number of para-hydroxylation sites is 1. The molecule has 1 amide bonds. The van der Waals surface area contributed by atoms with Gasteiger partial charge in [0.05, 0.1) is 10.9 Å². The summed E-state index contributed by atoms with van der Waals surface area (Å²) in [4.78, 5) is 40.4. The summed E-state index contributed by atoms with van der Waals surface area (Å²) in [5, 5.41) is 0.457. The zero-order valence-corrected chi connectivity index (χ0v) is 13.7. The number of fused-ring (bicyclic) bond motifs is 1. The molecule has 6 heteroatoms. The molecule has 2 aromatic rings. The number of hydrogen-bond acceptors (Lipinski definition) is 3. The molecule has 0 aliphatic heterocycles. The highest BCUT2D eigenvalue weighted by Crippen LogP contribution is 2.08. The number of benzene rings is 1. The highest BCUT2D eigenvalue weighted by atomic mass is 16.2. The number of carbonyl (C=O) groups is 1. The van der Waals surface area contributed by atoms with Gasteiger partial charge in [-0.05, 0) is 25.0 Å². The third-order valence-electron chi connectivity index (χ3n) is 3.79. The van der Waals surface area contributed by atoms with E-state index in [0.29, 0.717) is 10.9 Å². The molecule has 0 aliphatic rings. The van der Waals surface area contributed by atoms with E-state index in [1.165, 1.54) is 4.57 Å². The van der Waals surface area contributed by atoms with E-state index < -0.39 is 11.2 Å². The summed E-state index contributed by atoms with van der Waals surface area (Å²) in [7, 11) is 0. The van der Waals surface area contributed by atoms with Gasteiger partial charge in [-0.2, -0.15) is 0 Å². The zero-order chi connectivity index (χ0) is 16.8. The van der Waals surface area contributed by atoms with Crippen LogP contribution in [0.1, 0.15) is 33.1 Å². The molecule has 1 heterocycles. The Kier molecular flexibility index (Phi) is 5.73. The van der Waals surface area contributed by atoms with Crippen molar-refractivity contribution in [2.24, 2.45) is 0 Å². The van der Waals surface area contributed by atoms with Crippen molar-refractivity contribution >= 4 is 16.8 Å². The summed E-state index contributed by atoms with van der Waals surface area (Å²) >= 11 is 0. The second-order valence-electron chi connectivity index (χ2n) is 5.56. The van der Waals surface area contributed by atoms with Crippen molar-refractivity contribution in [3.05, 3.63) is 45.1 Å². The molecule has 1 aromatic carbocycles. The molecular weight excluding hydrogens is 294 g/mol. The molecule has 23 heavy (non-hydrogen) atoms. The Balaban J connectivity index is 2.24. The van der Waals surface area contributed by atoms with Gasteiger partial charge in [0.2, 0.25) is 5.91 Å². The average molecular weight is 317 g/mol. The van der Waals surface area contributed by atoms with Crippen molar-refractivity contribution < 1.29 is 4.79 Å². The van der Waals surface area contributed by atoms with Gasteiger partial charge in [0.1, 0.15) is 0 Å². The van der Waals surface area contributed by atoms with Gasteiger partial charge in [-0.15, -0.1) is 0 Å². The topological polar surface area (TPSA) is 75.2 Å². The van der Waals surface area contributed by atoms with Crippen molar-refractivity contribution in [1.29, 1.82) is 0 Å². The Morgan fingerprint density at radius 3 is 2.43 bits per heavy atom. The molecule has 0 unspecified atom stereocenters. The minimum Gasteiger partial charge on any atom is -0.343 e. The molecule has 0 aliphatic carbocycles. The highest BCUT2D eigenvalue weighted by Gasteiger charge is 2.13. The Bertz CT molecular complexity index is 786. The fourth-order valence-electron chi connectivity index (χ4n) is 2.73. The number of rotatable bonds is 7. The summed E-state index contributed by atoms with van der Waals surface area (Å²) in [6.45, 7) is 5.80. The first-order valence-electron chi connectivity index (χ1n) is 8.08. The van der Waals surface area contributed by atoms with Gasteiger partial charge in [0, 0.05) is 26.1 Å². The van der Waals surface area contributed by atoms with Crippen LogP contribution in [0.15, 0.2) is 33.9 Å². The predicted molar refractivity (Wildman–Crippen MR) is 90.6 cm³/mol. The van der Waals surface area contributed by atoms with Gasteiger partial charge >= 0.3 is 5.69 Å². The molecule has 2 rings (SSSR count). The molecule has 0 bridgehead atoms. The number of amides is 1. The second kappa shape index (κ2) is 7.76. The van der Waals surface area contributed by atoms with E-state index in [1.807, 2.05) is 18.7 Å². The molecular formula is C17H23N3O3. The molecule has 0 fully saturated rings. The van der Waals surface area contributed by atoms with Crippen LogP contribution in [-0.4, -0.2) is 33.4 Å². The van der Waals surface area contributed by atoms with E-state index >= 15 is 0 Å². The Morgan fingerprint density at radius 2 is 1.78 bits per heavy atom. The van der Waals surface area contributed by atoms with Crippen molar-refractivity contribution in [2.45, 2.75) is 39.7 Å². The van der Waals surface area contributed by atoms with Crippen LogP contribution in [0.3, 0.4) is 0 Å². The predicted octanol–water partition coefficient (Wildman–Crippen LogP) is 1.73. The molecule has 1 N–H and O–H groups in total. The molecule has 6 nitrogen and oxygen atoms in total. The molecule has 0 saturated carbocycles. The SMILES string of the molecule is CCCN(CCC)C(=O)CCn1c(=O)[nH]c(=O)c2ccccc21. The van der Waals surface area contributed by atoms with Gasteiger partial charge < -0.3 is 4.90 Å². The maximum Gasteiger partial charge on any atom is 0.328 e. The van der Waals surface area contributed by atoms with E-state index in [1.54, 1.807) is 24.3 Å². The minimum absolute atomic E-state index is 0.0379. The third-order valence-corrected chi connectivity index (χ3v) is 3.79. The number of H-pyrrole nitrogens is 1. The lowest BCUT2D eigenvalue weighted by molar-refractivity contribution is -0.131. The molecule has 0 radical (unpaired) electrons. The smallest absolute Gasteiger partial charge is 0.328 e. The number of nitrogens with zero attached hydrogens (tertiary/aromatic N) is 2. The van der Waals surface area contributed by atoms with E-state index in [4.69, 9.17) is 0 Å². The summed E-state index contributed by atoms with van der Waals surface area (Å²) in [6.07, 6.45) is 2.07. The molecule has 1 aromatic heterocycles. The fourth-order valence-corrected chi connectivity index (χ4v) is 2.73. The lowest BCUT2D eigenvalue weighted by Gasteiger charge is -2.21. The summed E-state index contributed by atoms with van der Waals surface area (Å²) in [6, 6.07) is 6.93. The number of aromatic amines is 1. The number of hydrogen-bond donors (Lipinski definition) is 1. The number of aromatic nitrogens is 2. The van der Waals surface area contributed by atoms with Gasteiger partial charge in [-0.1, -0.05) is 26.0 Å². The first kappa shape index (κ1) is 17.0. The van der Waals surface area contributed by atoms with Crippen molar-refractivity contribution in [1.82, 2.24) is 14.5 Å². The molecule has 124 valence electrons. The lowest BCUT2D eigenvalue weighted by atomic mass is 10.2. The van der Waals surface area contributed by atoms with Crippen molar-refractivity contribution in [3.8, 4) is 0 Å². The maximum absolute atomic E-state index is 12.3. The number of aryl methyl sites for hydroxylation is 1. The monoisotopic (exact) mass is 317 g/mol. The Morgan fingerprint density at radius 1 is 1.13 bits per heavy atom.